The maximum absolute atomic E-state index is 12.7. The fraction of sp³-hybridized carbons (Fsp3) is 0.933. The van der Waals surface area contributed by atoms with Crippen LogP contribution in [0.5, 0.6) is 0 Å². The van der Waals surface area contributed by atoms with Crippen LogP contribution < -0.4 is 5.32 Å². The number of piperidine rings is 1. The van der Waals surface area contributed by atoms with Gasteiger partial charge in [0.1, 0.15) is 0 Å². The molecule has 2 saturated heterocycles. The van der Waals surface area contributed by atoms with E-state index in [2.05, 4.69) is 31.0 Å². The Hall–Kier alpha value is -0.570. The van der Waals surface area contributed by atoms with E-state index in [1.165, 1.54) is 6.42 Å². The van der Waals surface area contributed by atoms with Gasteiger partial charge in [-0.05, 0) is 50.6 Å². The Labute approximate surface area is 111 Å². The second-order valence-electron chi connectivity index (χ2n) is 7.12. The Morgan fingerprint density at radius 1 is 1.00 bits per heavy atom. The SMILES string of the molecule is CC1(C)CCCN(C(=O)C2(C)CCNCC2)CC1. The second kappa shape index (κ2) is 5.20. The molecule has 3 nitrogen and oxygen atoms in total. The van der Waals surface area contributed by atoms with Crippen molar-refractivity contribution in [2.75, 3.05) is 26.2 Å². The van der Waals surface area contributed by atoms with E-state index in [-0.39, 0.29) is 5.41 Å². The number of rotatable bonds is 1. The highest BCUT2D eigenvalue weighted by Crippen LogP contribution is 2.34. The van der Waals surface area contributed by atoms with E-state index in [0.717, 1.165) is 51.9 Å². The normalized spacial score (nSPS) is 27.6. The Kier molecular flexibility index (Phi) is 4.00. The average Bonchev–Trinajstić information content (AvgIpc) is 2.50. The summed E-state index contributed by atoms with van der Waals surface area (Å²) in [6, 6.07) is 0. The van der Waals surface area contributed by atoms with Crippen LogP contribution in [0.2, 0.25) is 0 Å². The molecule has 0 aromatic carbocycles. The molecule has 0 radical (unpaired) electrons. The first-order valence-electron chi connectivity index (χ1n) is 7.43. The van der Waals surface area contributed by atoms with Crippen molar-refractivity contribution < 1.29 is 4.79 Å². The van der Waals surface area contributed by atoms with E-state index < -0.39 is 0 Å². The number of likely N-dealkylation sites (tertiary alicyclic amines) is 1. The van der Waals surface area contributed by atoms with Crippen molar-refractivity contribution in [3.05, 3.63) is 0 Å². The minimum atomic E-state index is -0.111. The van der Waals surface area contributed by atoms with Gasteiger partial charge >= 0.3 is 0 Å². The van der Waals surface area contributed by atoms with Crippen LogP contribution in [0.15, 0.2) is 0 Å². The van der Waals surface area contributed by atoms with Crippen LogP contribution in [0.25, 0.3) is 0 Å². The second-order valence-corrected chi connectivity index (χ2v) is 7.12. The van der Waals surface area contributed by atoms with Crippen LogP contribution in [0.3, 0.4) is 0 Å². The molecule has 0 spiro atoms. The zero-order chi connectivity index (χ0) is 13.2. The summed E-state index contributed by atoms with van der Waals surface area (Å²) in [5, 5.41) is 3.35. The van der Waals surface area contributed by atoms with Gasteiger partial charge in [-0.2, -0.15) is 0 Å². The first-order chi connectivity index (χ1) is 8.43. The molecule has 104 valence electrons. The lowest BCUT2D eigenvalue weighted by atomic mass is 9.79. The first kappa shape index (κ1) is 13.9. The highest BCUT2D eigenvalue weighted by Gasteiger charge is 2.38. The maximum atomic E-state index is 12.7. The summed E-state index contributed by atoms with van der Waals surface area (Å²) in [4.78, 5) is 14.9. The predicted molar refractivity (Wildman–Crippen MR) is 74.4 cm³/mol. The van der Waals surface area contributed by atoms with E-state index >= 15 is 0 Å². The fourth-order valence-corrected chi connectivity index (χ4v) is 3.20. The fourth-order valence-electron chi connectivity index (χ4n) is 3.20. The lowest BCUT2D eigenvalue weighted by molar-refractivity contribution is -0.142. The quantitative estimate of drug-likeness (QED) is 0.777. The zero-order valence-electron chi connectivity index (χ0n) is 12.2. The number of nitrogens with zero attached hydrogens (tertiary/aromatic N) is 1. The van der Waals surface area contributed by atoms with Crippen molar-refractivity contribution >= 4 is 5.91 Å². The van der Waals surface area contributed by atoms with Gasteiger partial charge < -0.3 is 10.2 Å². The number of carbonyl (C=O) groups is 1. The summed E-state index contributed by atoms with van der Waals surface area (Å²) in [5.74, 6) is 0.404. The Morgan fingerprint density at radius 2 is 1.67 bits per heavy atom. The first-order valence-corrected chi connectivity index (χ1v) is 7.43. The summed E-state index contributed by atoms with van der Waals surface area (Å²) in [7, 11) is 0. The number of carbonyl (C=O) groups excluding carboxylic acids is 1. The summed E-state index contributed by atoms with van der Waals surface area (Å²) >= 11 is 0. The van der Waals surface area contributed by atoms with Crippen molar-refractivity contribution in [2.24, 2.45) is 10.8 Å². The lowest BCUT2D eigenvalue weighted by Crippen LogP contribution is -2.48. The molecule has 0 aliphatic carbocycles. The van der Waals surface area contributed by atoms with Crippen molar-refractivity contribution in [1.29, 1.82) is 0 Å². The van der Waals surface area contributed by atoms with Crippen molar-refractivity contribution in [3.63, 3.8) is 0 Å². The molecule has 2 rings (SSSR count). The van der Waals surface area contributed by atoms with E-state index in [0.29, 0.717) is 11.3 Å². The summed E-state index contributed by atoms with van der Waals surface area (Å²) < 4.78 is 0. The third-order valence-electron chi connectivity index (χ3n) is 4.85. The van der Waals surface area contributed by atoms with E-state index in [4.69, 9.17) is 0 Å². The Morgan fingerprint density at radius 3 is 2.33 bits per heavy atom. The van der Waals surface area contributed by atoms with E-state index in [9.17, 15) is 4.79 Å². The minimum absolute atomic E-state index is 0.111. The van der Waals surface area contributed by atoms with E-state index in [1.54, 1.807) is 0 Å². The van der Waals surface area contributed by atoms with Gasteiger partial charge in [0.05, 0.1) is 0 Å². The van der Waals surface area contributed by atoms with Gasteiger partial charge in [0.25, 0.3) is 0 Å². The highest BCUT2D eigenvalue weighted by molar-refractivity contribution is 5.82. The number of hydrogen-bond donors (Lipinski definition) is 1. The molecule has 0 saturated carbocycles. The van der Waals surface area contributed by atoms with Gasteiger partial charge in [-0.25, -0.2) is 0 Å². The van der Waals surface area contributed by atoms with Crippen LogP contribution in [0.4, 0.5) is 0 Å². The molecule has 1 N–H and O–H groups in total. The number of hydrogen-bond acceptors (Lipinski definition) is 2. The van der Waals surface area contributed by atoms with Crippen LogP contribution in [0.1, 0.15) is 52.9 Å². The lowest BCUT2D eigenvalue weighted by Gasteiger charge is -2.37. The summed E-state index contributed by atoms with van der Waals surface area (Å²) in [6.45, 7) is 10.7. The largest absolute Gasteiger partial charge is 0.342 e. The zero-order valence-corrected chi connectivity index (χ0v) is 12.2. The molecule has 0 aromatic heterocycles. The van der Waals surface area contributed by atoms with Gasteiger partial charge in [-0.3, -0.25) is 4.79 Å². The molecule has 0 unspecified atom stereocenters. The molecule has 3 heteroatoms. The van der Waals surface area contributed by atoms with Crippen LogP contribution in [-0.4, -0.2) is 37.0 Å². The molecule has 1 amide bonds. The van der Waals surface area contributed by atoms with Crippen LogP contribution in [0, 0.1) is 10.8 Å². The molecule has 0 bridgehead atoms. The number of amides is 1. The van der Waals surface area contributed by atoms with Crippen molar-refractivity contribution in [2.45, 2.75) is 52.9 Å². The standard InChI is InChI=1S/C15H28N2O/c1-14(2)5-4-11-17(12-8-14)13(18)15(3)6-9-16-10-7-15/h16H,4-12H2,1-3H3. The van der Waals surface area contributed by atoms with Crippen molar-refractivity contribution in [1.82, 2.24) is 10.2 Å². The van der Waals surface area contributed by atoms with E-state index in [1.807, 2.05) is 0 Å². The molecule has 0 atom stereocenters. The van der Waals surface area contributed by atoms with Crippen LogP contribution >= 0.6 is 0 Å². The number of nitrogens with one attached hydrogen (secondary N) is 1. The third kappa shape index (κ3) is 3.05. The molecule has 0 aromatic rings. The molecule has 2 fully saturated rings. The monoisotopic (exact) mass is 252 g/mol. The molecular weight excluding hydrogens is 224 g/mol. The highest BCUT2D eigenvalue weighted by atomic mass is 16.2. The predicted octanol–water partition coefficient (Wildman–Crippen LogP) is 2.41. The molecule has 2 aliphatic rings. The summed E-state index contributed by atoms with van der Waals surface area (Å²) in [6.07, 6.45) is 5.53. The minimum Gasteiger partial charge on any atom is -0.342 e. The van der Waals surface area contributed by atoms with Gasteiger partial charge in [-0.15, -0.1) is 0 Å². The third-order valence-corrected chi connectivity index (χ3v) is 4.85. The maximum Gasteiger partial charge on any atom is 0.228 e. The molecule has 2 aliphatic heterocycles. The topological polar surface area (TPSA) is 32.3 Å². The average molecular weight is 252 g/mol. The van der Waals surface area contributed by atoms with Crippen molar-refractivity contribution in [3.8, 4) is 0 Å². The Bertz CT molecular complexity index is 306. The van der Waals surface area contributed by atoms with Gasteiger partial charge in [0.15, 0.2) is 0 Å². The molecule has 2 heterocycles. The molecular formula is C15H28N2O. The van der Waals surface area contributed by atoms with Crippen LogP contribution in [-0.2, 0) is 4.79 Å². The van der Waals surface area contributed by atoms with Gasteiger partial charge in [0, 0.05) is 18.5 Å². The van der Waals surface area contributed by atoms with Gasteiger partial charge in [0.2, 0.25) is 5.91 Å². The molecule has 18 heavy (non-hydrogen) atoms. The smallest absolute Gasteiger partial charge is 0.228 e. The summed E-state index contributed by atoms with van der Waals surface area (Å²) in [5.41, 5.74) is 0.295. The van der Waals surface area contributed by atoms with Gasteiger partial charge in [-0.1, -0.05) is 20.8 Å². The Balaban J connectivity index is 2.00.